The third kappa shape index (κ3) is 4.03. The Morgan fingerprint density at radius 3 is 3.00 bits per heavy atom. The Morgan fingerprint density at radius 1 is 1.60 bits per heavy atom. The molecule has 0 aromatic carbocycles. The minimum Gasteiger partial charge on any atom is -0.383 e. The molecule has 0 bridgehead atoms. The van der Waals surface area contributed by atoms with E-state index in [1.807, 2.05) is 0 Å². The third-order valence-corrected chi connectivity index (χ3v) is 2.86. The Balaban J connectivity index is 2.44. The summed E-state index contributed by atoms with van der Waals surface area (Å²) in [5.74, 6) is 0.715. The van der Waals surface area contributed by atoms with Crippen molar-refractivity contribution >= 4 is 21.6 Å². The lowest BCUT2D eigenvalue weighted by molar-refractivity contribution is 0.567. The van der Waals surface area contributed by atoms with Crippen LogP contribution in [-0.4, -0.2) is 16.7 Å². The molecule has 0 spiro atoms. The zero-order chi connectivity index (χ0) is 11.3. The minimum absolute atomic E-state index is 0.205. The van der Waals surface area contributed by atoms with Crippen molar-refractivity contribution in [3.63, 3.8) is 0 Å². The third-order valence-electron chi connectivity index (χ3n) is 2.07. The van der Waals surface area contributed by atoms with Gasteiger partial charge in [0.2, 0.25) is 0 Å². The second-order valence-electron chi connectivity index (χ2n) is 3.89. The summed E-state index contributed by atoms with van der Waals surface area (Å²) in [6.07, 6.45) is 3.89. The zero-order valence-corrected chi connectivity index (χ0v) is 10.6. The fraction of sp³-hybridized carbons (Fsp3) is 0.600. The standard InChI is InChI=1S/C10H16BrN3O/c1-7(2)4-3-5-12-8-6-13-14-10(15)9(8)11/h6-7H,3-5H2,1-2H3,(H2,12,14,15). The van der Waals surface area contributed by atoms with E-state index in [0.29, 0.717) is 10.4 Å². The number of rotatable bonds is 5. The summed E-state index contributed by atoms with van der Waals surface area (Å²) in [4.78, 5) is 11.2. The van der Waals surface area contributed by atoms with E-state index in [9.17, 15) is 4.79 Å². The van der Waals surface area contributed by atoms with Crippen LogP contribution in [0.3, 0.4) is 0 Å². The molecule has 0 radical (unpaired) electrons. The highest BCUT2D eigenvalue weighted by molar-refractivity contribution is 9.10. The van der Waals surface area contributed by atoms with Gasteiger partial charge < -0.3 is 5.32 Å². The van der Waals surface area contributed by atoms with Gasteiger partial charge in [0.1, 0.15) is 4.47 Å². The fourth-order valence-electron chi connectivity index (χ4n) is 1.24. The highest BCUT2D eigenvalue weighted by atomic mass is 79.9. The molecule has 0 amide bonds. The van der Waals surface area contributed by atoms with Crippen molar-refractivity contribution in [1.82, 2.24) is 10.2 Å². The maximum Gasteiger partial charge on any atom is 0.280 e. The first-order valence-electron chi connectivity index (χ1n) is 5.08. The molecular formula is C10H16BrN3O. The average molecular weight is 274 g/mol. The van der Waals surface area contributed by atoms with Crippen molar-refractivity contribution in [3.8, 4) is 0 Å². The van der Waals surface area contributed by atoms with Gasteiger partial charge in [-0.2, -0.15) is 5.10 Å². The van der Waals surface area contributed by atoms with Gasteiger partial charge in [0.15, 0.2) is 0 Å². The quantitative estimate of drug-likeness (QED) is 0.810. The molecule has 1 heterocycles. The van der Waals surface area contributed by atoms with Crippen LogP contribution in [0.5, 0.6) is 0 Å². The molecule has 0 aliphatic carbocycles. The number of nitrogens with zero attached hydrogens (tertiary/aromatic N) is 1. The Hall–Kier alpha value is -0.840. The molecule has 0 saturated heterocycles. The van der Waals surface area contributed by atoms with Crippen LogP contribution in [0.2, 0.25) is 0 Å². The summed E-state index contributed by atoms with van der Waals surface area (Å²) in [7, 11) is 0. The molecule has 0 aliphatic rings. The van der Waals surface area contributed by atoms with Gasteiger partial charge in [0.25, 0.3) is 5.56 Å². The Bertz CT molecular complexity index is 362. The lowest BCUT2D eigenvalue weighted by atomic mass is 10.1. The first kappa shape index (κ1) is 12.2. The Morgan fingerprint density at radius 2 is 2.33 bits per heavy atom. The molecule has 0 aliphatic heterocycles. The predicted molar refractivity (Wildman–Crippen MR) is 65.1 cm³/mol. The Labute approximate surface area is 97.6 Å². The van der Waals surface area contributed by atoms with Crippen molar-refractivity contribution in [3.05, 3.63) is 21.0 Å². The van der Waals surface area contributed by atoms with Gasteiger partial charge in [-0.1, -0.05) is 13.8 Å². The first-order chi connectivity index (χ1) is 7.11. The van der Waals surface area contributed by atoms with Crippen molar-refractivity contribution < 1.29 is 0 Å². The topological polar surface area (TPSA) is 57.8 Å². The van der Waals surface area contributed by atoms with E-state index >= 15 is 0 Å². The molecule has 84 valence electrons. The van der Waals surface area contributed by atoms with Crippen LogP contribution in [0.25, 0.3) is 0 Å². The van der Waals surface area contributed by atoms with Crippen LogP contribution < -0.4 is 10.9 Å². The first-order valence-corrected chi connectivity index (χ1v) is 5.87. The normalized spacial score (nSPS) is 10.7. The second-order valence-corrected chi connectivity index (χ2v) is 4.68. The van der Waals surface area contributed by atoms with E-state index in [0.717, 1.165) is 18.7 Å². The van der Waals surface area contributed by atoms with Crippen LogP contribution in [0.4, 0.5) is 5.69 Å². The minimum atomic E-state index is -0.205. The highest BCUT2D eigenvalue weighted by Crippen LogP contribution is 2.15. The molecule has 15 heavy (non-hydrogen) atoms. The number of H-pyrrole nitrogens is 1. The molecule has 0 atom stereocenters. The van der Waals surface area contributed by atoms with Crippen LogP contribution in [0.1, 0.15) is 26.7 Å². The molecule has 1 aromatic rings. The van der Waals surface area contributed by atoms with Crippen LogP contribution >= 0.6 is 15.9 Å². The van der Waals surface area contributed by atoms with Gasteiger partial charge in [-0.05, 0) is 34.7 Å². The van der Waals surface area contributed by atoms with Gasteiger partial charge >= 0.3 is 0 Å². The van der Waals surface area contributed by atoms with Crippen molar-refractivity contribution in [1.29, 1.82) is 0 Å². The number of aromatic nitrogens is 2. The maximum absolute atomic E-state index is 11.2. The summed E-state index contributed by atoms with van der Waals surface area (Å²) in [6.45, 7) is 5.26. The monoisotopic (exact) mass is 273 g/mol. The number of nitrogens with one attached hydrogen (secondary N) is 2. The zero-order valence-electron chi connectivity index (χ0n) is 9.01. The van der Waals surface area contributed by atoms with Gasteiger partial charge in [0, 0.05) is 6.54 Å². The number of hydrogen-bond donors (Lipinski definition) is 2. The summed E-state index contributed by atoms with van der Waals surface area (Å²) in [5.41, 5.74) is 0.548. The van der Waals surface area contributed by atoms with Crippen LogP contribution in [0.15, 0.2) is 15.5 Å². The number of hydrogen-bond acceptors (Lipinski definition) is 3. The van der Waals surface area contributed by atoms with Gasteiger partial charge in [0.05, 0.1) is 11.9 Å². The molecule has 5 heteroatoms. The molecular weight excluding hydrogens is 258 g/mol. The summed E-state index contributed by atoms with van der Waals surface area (Å²) in [6, 6.07) is 0. The number of anilines is 1. The lowest BCUT2D eigenvalue weighted by Crippen LogP contribution is -2.13. The molecule has 4 nitrogen and oxygen atoms in total. The molecule has 2 N–H and O–H groups in total. The van der Waals surface area contributed by atoms with Crippen molar-refractivity contribution in [2.24, 2.45) is 5.92 Å². The van der Waals surface area contributed by atoms with Crippen LogP contribution in [0, 0.1) is 5.92 Å². The van der Waals surface area contributed by atoms with Gasteiger partial charge in [-0.3, -0.25) is 4.79 Å². The van der Waals surface area contributed by atoms with E-state index in [2.05, 4.69) is 45.3 Å². The molecule has 1 aromatic heterocycles. The van der Waals surface area contributed by atoms with Crippen LogP contribution in [-0.2, 0) is 0 Å². The summed E-state index contributed by atoms with van der Waals surface area (Å²) >= 11 is 3.21. The van der Waals surface area contributed by atoms with Gasteiger partial charge in [-0.25, -0.2) is 5.10 Å². The second kappa shape index (κ2) is 5.90. The highest BCUT2D eigenvalue weighted by Gasteiger charge is 2.03. The lowest BCUT2D eigenvalue weighted by Gasteiger charge is -2.08. The van der Waals surface area contributed by atoms with Crippen molar-refractivity contribution in [2.75, 3.05) is 11.9 Å². The number of halogens is 1. The predicted octanol–water partition coefficient (Wildman–Crippen LogP) is 2.38. The SMILES string of the molecule is CC(C)CCCNc1cn[nH]c(=O)c1Br. The molecule has 0 saturated carbocycles. The number of aromatic amines is 1. The van der Waals surface area contributed by atoms with E-state index in [-0.39, 0.29) is 5.56 Å². The van der Waals surface area contributed by atoms with E-state index < -0.39 is 0 Å². The largest absolute Gasteiger partial charge is 0.383 e. The van der Waals surface area contributed by atoms with E-state index in [1.165, 1.54) is 6.42 Å². The maximum atomic E-state index is 11.2. The van der Waals surface area contributed by atoms with E-state index in [1.54, 1.807) is 6.20 Å². The van der Waals surface area contributed by atoms with E-state index in [4.69, 9.17) is 0 Å². The summed E-state index contributed by atoms with van der Waals surface area (Å²) in [5, 5.41) is 9.26. The summed E-state index contributed by atoms with van der Waals surface area (Å²) < 4.78 is 0.516. The molecule has 0 fully saturated rings. The average Bonchev–Trinajstić information content (AvgIpc) is 2.18. The van der Waals surface area contributed by atoms with Gasteiger partial charge in [-0.15, -0.1) is 0 Å². The molecule has 0 unspecified atom stereocenters. The Kier molecular flexibility index (Phi) is 4.81. The van der Waals surface area contributed by atoms with Crippen molar-refractivity contribution in [2.45, 2.75) is 26.7 Å². The fourth-order valence-corrected chi connectivity index (χ4v) is 1.57. The molecule has 1 rings (SSSR count). The smallest absolute Gasteiger partial charge is 0.280 e.